The van der Waals surface area contributed by atoms with Gasteiger partial charge < -0.3 is 10.5 Å². The smallest absolute Gasteiger partial charge is 0.338 e. The predicted molar refractivity (Wildman–Crippen MR) is 74.7 cm³/mol. The highest BCUT2D eigenvalue weighted by Gasteiger charge is 2.11. The van der Waals surface area contributed by atoms with Crippen LogP contribution in [0, 0.1) is 0 Å². The molecule has 0 aliphatic heterocycles. The summed E-state index contributed by atoms with van der Waals surface area (Å²) in [7, 11) is 0. The molecule has 0 bridgehead atoms. The Kier molecular flexibility index (Phi) is 6.26. The van der Waals surface area contributed by atoms with Gasteiger partial charge in [-0.15, -0.1) is 0 Å². The molecule has 0 heterocycles. The molecule has 0 aromatic heterocycles. The number of ether oxygens (including phenoxy) is 1. The van der Waals surface area contributed by atoms with E-state index >= 15 is 0 Å². The minimum atomic E-state index is -0.233. The number of hydrogen-bond donors (Lipinski definition) is 1. The van der Waals surface area contributed by atoms with Gasteiger partial charge in [-0.05, 0) is 36.6 Å². The number of carbonyl (C=O) groups excluding carboxylic acids is 1. The van der Waals surface area contributed by atoms with Gasteiger partial charge in [0.25, 0.3) is 0 Å². The first-order chi connectivity index (χ1) is 8.69. The predicted octanol–water partition coefficient (Wildman–Crippen LogP) is 3.57. The molecule has 1 rings (SSSR count). The maximum Gasteiger partial charge on any atom is 0.338 e. The summed E-state index contributed by atoms with van der Waals surface area (Å²) in [5.41, 5.74) is 7.99. The molecule has 0 atom stereocenters. The van der Waals surface area contributed by atoms with Crippen LogP contribution in [0.1, 0.15) is 55.5 Å². The SMILES string of the molecule is CCCCCCOC(=O)c1ccc(N)cc1CC. The first kappa shape index (κ1) is 14.6. The van der Waals surface area contributed by atoms with Gasteiger partial charge in [-0.2, -0.15) is 0 Å². The summed E-state index contributed by atoms with van der Waals surface area (Å²) >= 11 is 0. The number of nitrogens with two attached hydrogens (primary N) is 1. The Hall–Kier alpha value is -1.51. The van der Waals surface area contributed by atoms with Crippen LogP contribution in [-0.4, -0.2) is 12.6 Å². The summed E-state index contributed by atoms with van der Waals surface area (Å²) in [4.78, 5) is 11.9. The number of nitrogen functional groups attached to an aromatic ring is 1. The van der Waals surface area contributed by atoms with E-state index < -0.39 is 0 Å². The summed E-state index contributed by atoms with van der Waals surface area (Å²) in [6.45, 7) is 4.67. The molecule has 3 nitrogen and oxygen atoms in total. The second-order valence-electron chi connectivity index (χ2n) is 4.47. The van der Waals surface area contributed by atoms with Crippen LogP contribution in [0.5, 0.6) is 0 Å². The lowest BCUT2D eigenvalue weighted by molar-refractivity contribution is 0.0496. The zero-order valence-corrected chi connectivity index (χ0v) is 11.4. The van der Waals surface area contributed by atoms with Crippen molar-refractivity contribution in [1.29, 1.82) is 0 Å². The molecule has 3 heteroatoms. The number of rotatable bonds is 7. The van der Waals surface area contributed by atoms with Crippen molar-refractivity contribution in [3.05, 3.63) is 29.3 Å². The lowest BCUT2D eigenvalue weighted by atomic mass is 10.0. The van der Waals surface area contributed by atoms with Crippen LogP contribution in [0.25, 0.3) is 0 Å². The third kappa shape index (κ3) is 4.40. The maximum absolute atomic E-state index is 11.9. The third-order valence-corrected chi connectivity index (χ3v) is 2.96. The zero-order chi connectivity index (χ0) is 13.4. The van der Waals surface area contributed by atoms with E-state index in [2.05, 4.69) is 6.92 Å². The summed E-state index contributed by atoms with van der Waals surface area (Å²) in [5.74, 6) is -0.233. The molecule has 0 aliphatic rings. The van der Waals surface area contributed by atoms with E-state index in [9.17, 15) is 4.79 Å². The number of hydrogen-bond acceptors (Lipinski definition) is 3. The normalized spacial score (nSPS) is 10.3. The Morgan fingerprint density at radius 1 is 1.22 bits per heavy atom. The Morgan fingerprint density at radius 2 is 2.00 bits per heavy atom. The van der Waals surface area contributed by atoms with E-state index in [0.29, 0.717) is 17.9 Å². The van der Waals surface area contributed by atoms with Crippen molar-refractivity contribution in [2.24, 2.45) is 0 Å². The second kappa shape index (κ2) is 7.75. The number of anilines is 1. The van der Waals surface area contributed by atoms with Gasteiger partial charge in [-0.25, -0.2) is 4.79 Å². The highest BCUT2D eigenvalue weighted by Crippen LogP contribution is 2.15. The van der Waals surface area contributed by atoms with Crippen molar-refractivity contribution >= 4 is 11.7 Å². The van der Waals surface area contributed by atoms with Crippen LogP contribution in [0.4, 0.5) is 5.69 Å². The van der Waals surface area contributed by atoms with Crippen LogP contribution in [0.2, 0.25) is 0 Å². The van der Waals surface area contributed by atoms with Gasteiger partial charge in [0.2, 0.25) is 0 Å². The van der Waals surface area contributed by atoms with Crippen LogP contribution >= 0.6 is 0 Å². The zero-order valence-electron chi connectivity index (χ0n) is 11.4. The highest BCUT2D eigenvalue weighted by molar-refractivity contribution is 5.91. The Balaban J connectivity index is 2.51. The van der Waals surface area contributed by atoms with Gasteiger partial charge in [-0.3, -0.25) is 0 Å². The molecule has 0 radical (unpaired) electrons. The fourth-order valence-corrected chi connectivity index (χ4v) is 1.88. The third-order valence-electron chi connectivity index (χ3n) is 2.96. The quantitative estimate of drug-likeness (QED) is 0.456. The number of aryl methyl sites for hydroxylation is 1. The van der Waals surface area contributed by atoms with Crippen LogP contribution in [0.3, 0.4) is 0 Å². The molecule has 1 aromatic rings. The van der Waals surface area contributed by atoms with Gasteiger partial charge in [0.15, 0.2) is 0 Å². The highest BCUT2D eigenvalue weighted by atomic mass is 16.5. The van der Waals surface area contributed by atoms with E-state index in [0.717, 1.165) is 24.8 Å². The molecule has 0 aliphatic carbocycles. The molecule has 1 aromatic carbocycles. The van der Waals surface area contributed by atoms with Gasteiger partial charge in [0.05, 0.1) is 12.2 Å². The lowest BCUT2D eigenvalue weighted by Crippen LogP contribution is -2.09. The second-order valence-corrected chi connectivity index (χ2v) is 4.47. The van der Waals surface area contributed by atoms with E-state index in [4.69, 9.17) is 10.5 Å². The topological polar surface area (TPSA) is 52.3 Å². The van der Waals surface area contributed by atoms with Crippen molar-refractivity contribution in [2.45, 2.75) is 46.0 Å². The average molecular weight is 249 g/mol. The van der Waals surface area contributed by atoms with E-state index in [-0.39, 0.29) is 5.97 Å². The molecule has 0 fully saturated rings. The number of unbranched alkanes of at least 4 members (excludes halogenated alkanes) is 3. The molecule has 0 amide bonds. The molecule has 100 valence electrons. The van der Waals surface area contributed by atoms with Gasteiger partial charge >= 0.3 is 5.97 Å². The van der Waals surface area contributed by atoms with Crippen LogP contribution in [0.15, 0.2) is 18.2 Å². The average Bonchev–Trinajstić information content (AvgIpc) is 2.38. The summed E-state index contributed by atoms with van der Waals surface area (Å²) in [6.07, 6.45) is 5.22. The molecular weight excluding hydrogens is 226 g/mol. The number of esters is 1. The van der Waals surface area contributed by atoms with Crippen molar-refractivity contribution in [3.8, 4) is 0 Å². The van der Waals surface area contributed by atoms with Crippen molar-refractivity contribution in [2.75, 3.05) is 12.3 Å². The minimum absolute atomic E-state index is 0.233. The fraction of sp³-hybridized carbons (Fsp3) is 0.533. The van der Waals surface area contributed by atoms with Crippen molar-refractivity contribution in [3.63, 3.8) is 0 Å². The monoisotopic (exact) mass is 249 g/mol. The molecule has 0 saturated heterocycles. The maximum atomic E-state index is 11.9. The van der Waals surface area contributed by atoms with Gasteiger partial charge in [0, 0.05) is 5.69 Å². The summed E-state index contributed by atoms with van der Waals surface area (Å²) in [6, 6.07) is 5.34. The lowest BCUT2D eigenvalue weighted by Gasteiger charge is -2.09. The molecule has 0 saturated carbocycles. The van der Waals surface area contributed by atoms with E-state index in [1.54, 1.807) is 12.1 Å². The van der Waals surface area contributed by atoms with Crippen LogP contribution < -0.4 is 5.73 Å². The molecule has 18 heavy (non-hydrogen) atoms. The Labute approximate surface area is 109 Å². The Bertz CT molecular complexity index is 388. The molecular formula is C15H23NO2. The minimum Gasteiger partial charge on any atom is -0.462 e. The van der Waals surface area contributed by atoms with Crippen molar-refractivity contribution < 1.29 is 9.53 Å². The largest absolute Gasteiger partial charge is 0.462 e. The first-order valence-corrected chi connectivity index (χ1v) is 6.74. The van der Waals surface area contributed by atoms with Crippen molar-refractivity contribution in [1.82, 2.24) is 0 Å². The van der Waals surface area contributed by atoms with Gasteiger partial charge in [0.1, 0.15) is 0 Å². The molecule has 0 unspecified atom stereocenters. The first-order valence-electron chi connectivity index (χ1n) is 6.74. The summed E-state index contributed by atoms with van der Waals surface area (Å²) in [5, 5.41) is 0. The number of benzene rings is 1. The molecule has 0 spiro atoms. The Morgan fingerprint density at radius 3 is 2.67 bits per heavy atom. The molecule has 2 N–H and O–H groups in total. The van der Waals surface area contributed by atoms with Gasteiger partial charge in [-0.1, -0.05) is 33.1 Å². The fourth-order valence-electron chi connectivity index (χ4n) is 1.88. The van der Waals surface area contributed by atoms with E-state index in [1.807, 2.05) is 13.0 Å². The summed E-state index contributed by atoms with van der Waals surface area (Å²) < 4.78 is 5.28. The van der Waals surface area contributed by atoms with Crippen LogP contribution in [-0.2, 0) is 11.2 Å². The standard InChI is InChI=1S/C15H23NO2/c1-3-5-6-7-10-18-15(17)14-9-8-13(16)11-12(14)4-2/h8-9,11H,3-7,10,16H2,1-2H3. The van der Waals surface area contributed by atoms with E-state index in [1.165, 1.54) is 12.8 Å². The number of carbonyl (C=O) groups is 1.